The van der Waals surface area contributed by atoms with Crippen LogP contribution in [0.5, 0.6) is 0 Å². The molecule has 94 valence electrons. The molecule has 0 bridgehead atoms. The normalized spacial score (nSPS) is 18.3. The number of carbonyl (C=O) groups is 1. The van der Waals surface area contributed by atoms with Gasteiger partial charge in [0.1, 0.15) is 11.9 Å². The van der Waals surface area contributed by atoms with Crippen molar-refractivity contribution >= 4 is 11.6 Å². The predicted molar refractivity (Wildman–Crippen MR) is 63.3 cm³/mol. The van der Waals surface area contributed by atoms with E-state index in [0.717, 1.165) is 12.8 Å². The van der Waals surface area contributed by atoms with Crippen molar-refractivity contribution in [1.29, 1.82) is 5.26 Å². The van der Waals surface area contributed by atoms with Gasteiger partial charge < -0.3 is 10.1 Å². The molecule has 2 rings (SSSR count). The van der Waals surface area contributed by atoms with Gasteiger partial charge >= 0.3 is 0 Å². The van der Waals surface area contributed by atoms with Crippen LogP contribution in [0, 0.1) is 17.1 Å². The molecule has 1 heterocycles. The zero-order valence-electron chi connectivity index (χ0n) is 9.78. The summed E-state index contributed by atoms with van der Waals surface area (Å²) in [5.74, 6) is -0.771. The summed E-state index contributed by atoms with van der Waals surface area (Å²) in [5.41, 5.74) is 0.348. The van der Waals surface area contributed by atoms with Crippen molar-refractivity contribution in [1.82, 2.24) is 0 Å². The minimum absolute atomic E-state index is 0.0270. The van der Waals surface area contributed by atoms with Crippen LogP contribution in [0.3, 0.4) is 0 Å². The molecule has 4 nitrogen and oxygen atoms in total. The van der Waals surface area contributed by atoms with Gasteiger partial charge in [-0.25, -0.2) is 4.39 Å². The lowest BCUT2D eigenvalue weighted by molar-refractivity contribution is -0.118. The first-order chi connectivity index (χ1) is 8.69. The average molecular weight is 248 g/mol. The van der Waals surface area contributed by atoms with E-state index in [0.29, 0.717) is 18.7 Å². The Bertz CT molecular complexity index is 490. The molecule has 1 amide bonds. The molecule has 1 aliphatic rings. The predicted octanol–water partition coefficient (Wildman–Crippen LogP) is 2.20. The molecule has 0 aromatic heterocycles. The van der Waals surface area contributed by atoms with E-state index in [2.05, 4.69) is 5.32 Å². The van der Waals surface area contributed by atoms with Crippen molar-refractivity contribution in [2.45, 2.75) is 25.4 Å². The summed E-state index contributed by atoms with van der Waals surface area (Å²) in [7, 11) is 0. The zero-order chi connectivity index (χ0) is 13.0. The van der Waals surface area contributed by atoms with Crippen LogP contribution < -0.4 is 5.32 Å². The molecule has 1 atom stereocenters. The average Bonchev–Trinajstić information content (AvgIpc) is 2.84. The number of benzene rings is 1. The molecule has 5 heteroatoms. The van der Waals surface area contributed by atoms with Crippen LogP contribution in [0.1, 0.15) is 24.8 Å². The van der Waals surface area contributed by atoms with E-state index in [9.17, 15) is 9.18 Å². The van der Waals surface area contributed by atoms with Crippen LogP contribution in [0.15, 0.2) is 18.2 Å². The van der Waals surface area contributed by atoms with Crippen LogP contribution in [0.25, 0.3) is 0 Å². The van der Waals surface area contributed by atoms with E-state index >= 15 is 0 Å². The number of rotatable bonds is 3. The van der Waals surface area contributed by atoms with Crippen molar-refractivity contribution in [3.8, 4) is 6.07 Å². The number of carbonyl (C=O) groups excluding carboxylic acids is 1. The van der Waals surface area contributed by atoms with Crippen LogP contribution in [-0.4, -0.2) is 18.6 Å². The SMILES string of the molecule is N#Cc1cc(NC(=O)CC2CCCO2)ccc1F. The Labute approximate surface area is 104 Å². The highest BCUT2D eigenvalue weighted by molar-refractivity contribution is 5.91. The summed E-state index contributed by atoms with van der Waals surface area (Å²) in [6, 6.07) is 5.65. The molecular formula is C13H13FN2O2. The number of anilines is 1. The van der Waals surface area contributed by atoms with Gasteiger partial charge in [0.25, 0.3) is 0 Å². The molecule has 1 unspecified atom stereocenters. The number of hydrogen-bond donors (Lipinski definition) is 1. The first kappa shape index (κ1) is 12.5. The molecule has 1 aromatic rings. The molecular weight excluding hydrogens is 235 g/mol. The Kier molecular flexibility index (Phi) is 3.90. The van der Waals surface area contributed by atoms with Crippen LogP contribution in [-0.2, 0) is 9.53 Å². The first-order valence-corrected chi connectivity index (χ1v) is 5.80. The number of ether oxygens (including phenoxy) is 1. The van der Waals surface area contributed by atoms with Crippen molar-refractivity contribution in [3.63, 3.8) is 0 Å². The second-order valence-electron chi connectivity index (χ2n) is 4.19. The van der Waals surface area contributed by atoms with E-state index in [-0.39, 0.29) is 17.6 Å². The molecule has 1 aromatic carbocycles. The molecule has 1 fully saturated rings. The standard InChI is InChI=1S/C13H13FN2O2/c14-12-4-3-10(6-9(12)8-15)16-13(17)7-11-2-1-5-18-11/h3-4,6,11H,1-2,5,7H2,(H,16,17). The molecule has 1 N–H and O–H groups in total. The van der Waals surface area contributed by atoms with Gasteiger partial charge in [-0.2, -0.15) is 5.26 Å². The van der Waals surface area contributed by atoms with Crippen molar-refractivity contribution in [2.75, 3.05) is 11.9 Å². The maximum absolute atomic E-state index is 13.1. The van der Waals surface area contributed by atoms with Crippen LogP contribution in [0.2, 0.25) is 0 Å². The van der Waals surface area contributed by atoms with E-state index in [4.69, 9.17) is 10.00 Å². The van der Waals surface area contributed by atoms with Crippen LogP contribution >= 0.6 is 0 Å². The fourth-order valence-electron chi connectivity index (χ4n) is 1.91. The van der Waals surface area contributed by atoms with Gasteiger partial charge in [-0.15, -0.1) is 0 Å². The summed E-state index contributed by atoms with van der Waals surface area (Å²) in [6.45, 7) is 0.701. The van der Waals surface area contributed by atoms with Crippen LogP contribution in [0.4, 0.5) is 10.1 Å². The first-order valence-electron chi connectivity index (χ1n) is 5.80. The maximum atomic E-state index is 13.1. The number of amides is 1. The van der Waals surface area contributed by atoms with E-state index < -0.39 is 5.82 Å². The van der Waals surface area contributed by atoms with E-state index in [1.54, 1.807) is 6.07 Å². The lowest BCUT2D eigenvalue weighted by Gasteiger charge is -2.10. The van der Waals surface area contributed by atoms with Gasteiger partial charge in [-0.05, 0) is 31.0 Å². The number of halogens is 1. The van der Waals surface area contributed by atoms with Gasteiger partial charge in [0.05, 0.1) is 18.1 Å². The highest BCUT2D eigenvalue weighted by Crippen LogP contribution is 2.18. The number of hydrogen-bond acceptors (Lipinski definition) is 3. The lowest BCUT2D eigenvalue weighted by Crippen LogP contribution is -2.19. The van der Waals surface area contributed by atoms with Gasteiger partial charge in [0.2, 0.25) is 5.91 Å². The minimum Gasteiger partial charge on any atom is -0.378 e. The topological polar surface area (TPSA) is 62.1 Å². The van der Waals surface area contributed by atoms with E-state index in [1.165, 1.54) is 18.2 Å². The fraction of sp³-hybridized carbons (Fsp3) is 0.385. The van der Waals surface area contributed by atoms with Gasteiger partial charge in [-0.3, -0.25) is 4.79 Å². The van der Waals surface area contributed by atoms with Gasteiger partial charge in [0.15, 0.2) is 0 Å². The quantitative estimate of drug-likeness (QED) is 0.892. The van der Waals surface area contributed by atoms with Crippen molar-refractivity contribution in [2.24, 2.45) is 0 Å². The maximum Gasteiger partial charge on any atom is 0.226 e. The molecule has 18 heavy (non-hydrogen) atoms. The highest BCUT2D eigenvalue weighted by atomic mass is 19.1. The molecule has 0 aliphatic carbocycles. The van der Waals surface area contributed by atoms with Gasteiger partial charge in [-0.1, -0.05) is 0 Å². The summed E-state index contributed by atoms with van der Waals surface area (Å²) < 4.78 is 18.4. The lowest BCUT2D eigenvalue weighted by atomic mass is 10.1. The summed E-state index contributed by atoms with van der Waals surface area (Å²) in [5, 5.41) is 11.3. The molecule has 1 aliphatic heterocycles. The third kappa shape index (κ3) is 3.05. The largest absolute Gasteiger partial charge is 0.378 e. The minimum atomic E-state index is -0.588. The molecule has 1 saturated heterocycles. The summed E-state index contributed by atoms with van der Waals surface area (Å²) >= 11 is 0. The Hall–Kier alpha value is -1.93. The Morgan fingerprint density at radius 3 is 3.11 bits per heavy atom. The second kappa shape index (κ2) is 5.61. The Morgan fingerprint density at radius 1 is 1.61 bits per heavy atom. The van der Waals surface area contributed by atoms with E-state index in [1.807, 2.05) is 0 Å². The third-order valence-corrected chi connectivity index (χ3v) is 2.81. The molecule has 0 spiro atoms. The summed E-state index contributed by atoms with van der Waals surface area (Å²) in [4.78, 5) is 11.7. The third-order valence-electron chi connectivity index (χ3n) is 2.81. The molecule has 0 saturated carbocycles. The molecule has 0 radical (unpaired) electrons. The highest BCUT2D eigenvalue weighted by Gasteiger charge is 2.19. The van der Waals surface area contributed by atoms with Crippen molar-refractivity contribution < 1.29 is 13.9 Å². The Balaban J connectivity index is 1.96. The van der Waals surface area contributed by atoms with Gasteiger partial charge in [0, 0.05) is 12.3 Å². The monoisotopic (exact) mass is 248 g/mol. The smallest absolute Gasteiger partial charge is 0.226 e. The summed E-state index contributed by atoms with van der Waals surface area (Å²) in [6.07, 6.45) is 2.13. The number of nitrogens with zero attached hydrogens (tertiary/aromatic N) is 1. The Morgan fingerprint density at radius 2 is 2.44 bits per heavy atom. The fourth-order valence-corrected chi connectivity index (χ4v) is 1.91. The van der Waals surface area contributed by atoms with Crippen molar-refractivity contribution in [3.05, 3.63) is 29.6 Å². The number of nitriles is 1. The number of nitrogens with one attached hydrogen (secondary N) is 1. The second-order valence-corrected chi connectivity index (χ2v) is 4.19. The zero-order valence-corrected chi connectivity index (χ0v) is 9.78.